The summed E-state index contributed by atoms with van der Waals surface area (Å²) in [5, 5.41) is 0. The largest absolute Gasteiger partial charge is 0.340 e. The number of rotatable bonds is 5. The first-order chi connectivity index (χ1) is 11.2. The minimum Gasteiger partial charge on any atom is -0.340 e. The Balaban J connectivity index is 2.17. The topological polar surface area (TPSA) is 91.8 Å². The van der Waals surface area contributed by atoms with E-state index < -0.39 is 19.9 Å². The number of nitrogens with zero attached hydrogens (tertiary/aromatic N) is 2. The normalized spacial score (nSPS) is 17.0. The van der Waals surface area contributed by atoms with Gasteiger partial charge >= 0.3 is 0 Å². The Bertz CT molecular complexity index is 810. The molecule has 134 valence electrons. The van der Waals surface area contributed by atoms with Gasteiger partial charge in [0.1, 0.15) is 0 Å². The van der Waals surface area contributed by atoms with E-state index in [0.29, 0.717) is 19.5 Å². The minimum absolute atomic E-state index is 0.0275. The second-order valence-electron chi connectivity index (χ2n) is 5.78. The van der Waals surface area contributed by atoms with Crippen LogP contribution in [0.3, 0.4) is 0 Å². The van der Waals surface area contributed by atoms with E-state index in [1.807, 2.05) is 6.92 Å². The Morgan fingerprint density at radius 3 is 2.17 bits per heavy atom. The average molecular weight is 374 g/mol. The Morgan fingerprint density at radius 2 is 1.62 bits per heavy atom. The summed E-state index contributed by atoms with van der Waals surface area (Å²) in [6.45, 7) is 3.04. The fraction of sp³-hybridized carbons (Fsp3) is 0.533. The maximum Gasteiger partial charge on any atom is 0.243 e. The van der Waals surface area contributed by atoms with Gasteiger partial charge in [-0.15, -0.1) is 0 Å². The summed E-state index contributed by atoms with van der Waals surface area (Å²) in [7, 11) is -7.25. The number of piperazine rings is 1. The molecule has 1 amide bonds. The second kappa shape index (κ2) is 7.20. The Hall–Kier alpha value is -1.45. The number of sulfonamides is 1. The van der Waals surface area contributed by atoms with Crippen LogP contribution in [0.2, 0.25) is 0 Å². The summed E-state index contributed by atoms with van der Waals surface area (Å²) in [5.41, 5.74) is 0. The summed E-state index contributed by atoms with van der Waals surface area (Å²) in [6.07, 6.45) is 2.26. The van der Waals surface area contributed by atoms with Crippen LogP contribution >= 0.6 is 0 Å². The van der Waals surface area contributed by atoms with E-state index in [2.05, 4.69) is 0 Å². The molecule has 0 aliphatic carbocycles. The van der Waals surface area contributed by atoms with Crippen molar-refractivity contribution in [3.8, 4) is 0 Å². The quantitative estimate of drug-likeness (QED) is 0.757. The molecule has 0 unspecified atom stereocenters. The van der Waals surface area contributed by atoms with Crippen molar-refractivity contribution in [2.75, 3.05) is 32.4 Å². The van der Waals surface area contributed by atoms with Crippen LogP contribution in [-0.4, -0.2) is 64.4 Å². The summed E-state index contributed by atoms with van der Waals surface area (Å²) in [5.74, 6) is 0.0358. The van der Waals surface area contributed by atoms with Crippen LogP contribution in [0, 0.1) is 0 Å². The molecule has 24 heavy (non-hydrogen) atoms. The van der Waals surface area contributed by atoms with Gasteiger partial charge in [-0.3, -0.25) is 4.79 Å². The average Bonchev–Trinajstić information content (AvgIpc) is 2.54. The molecule has 1 aliphatic heterocycles. The van der Waals surface area contributed by atoms with Crippen molar-refractivity contribution in [1.82, 2.24) is 9.21 Å². The number of sulfone groups is 1. The molecule has 2 rings (SSSR count). The highest BCUT2D eigenvalue weighted by Crippen LogP contribution is 2.21. The molecule has 1 aliphatic rings. The molecule has 0 atom stereocenters. The zero-order valence-corrected chi connectivity index (χ0v) is 15.4. The molecule has 1 heterocycles. The molecule has 7 nitrogen and oxygen atoms in total. The van der Waals surface area contributed by atoms with Crippen molar-refractivity contribution in [2.45, 2.75) is 29.6 Å². The van der Waals surface area contributed by atoms with Crippen molar-refractivity contribution in [3.63, 3.8) is 0 Å². The lowest BCUT2D eigenvalue weighted by molar-refractivity contribution is -0.132. The SMILES string of the molecule is CCCC(=O)N1CCN(S(=O)(=O)c2cccc(S(C)(=O)=O)c2)CC1. The lowest BCUT2D eigenvalue weighted by Gasteiger charge is -2.34. The van der Waals surface area contributed by atoms with E-state index in [-0.39, 0.29) is 28.8 Å². The molecular weight excluding hydrogens is 352 g/mol. The summed E-state index contributed by atoms with van der Waals surface area (Å²) >= 11 is 0. The van der Waals surface area contributed by atoms with E-state index in [1.54, 1.807) is 4.90 Å². The first-order valence-electron chi connectivity index (χ1n) is 7.74. The van der Waals surface area contributed by atoms with Gasteiger partial charge in [-0.25, -0.2) is 16.8 Å². The first kappa shape index (κ1) is 18.9. The number of amides is 1. The van der Waals surface area contributed by atoms with Gasteiger partial charge in [-0.2, -0.15) is 4.31 Å². The van der Waals surface area contributed by atoms with Crippen molar-refractivity contribution in [3.05, 3.63) is 24.3 Å². The maximum atomic E-state index is 12.7. The summed E-state index contributed by atoms with van der Waals surface area (Å²) in [4.78, 5) is 13.5. The van der Waals surface area contributed by atoms with Gasteiger partial charge in [0.25, 0.3) is 0 Å². The lowest BCUT2D eigenvalue weighted by Crippen LogP contribution is -2.50. The van der Waals surface area contributed by atoms with Gasteiger partial charge in [0.05, 0.1) is 9.79 Å². The number of carbonyl (C=O) groups excluding carboxylic acids is 1. The van der Waals surface area contributed by atoms with Crippen LogP contribution in [0.4, 0.5) is 0 Å². The third kappa shape index (κ3) is 4.14. The van der Waals surface area contributed by atoms with E-state index in [4.69, 9.17) is 0 Å². The van der Waals surface area contributed by atoms with E-state index in [1.165, 1.54) is 28.6 Å². The zero-order valence-electron chi connectivity index (χ0n) is 13.8. The van der Waals surface area contributed by atoms with Gasteiger partial charge in [-0.1, -0.05) is 13.0 Å². The molecule has 0 spiro atoms. The van der Waals surface area contributed by atoms with Crippen LogP contribution in [0.5, 0.6) is 0 Å². The number of carbonyl (C=O) groups is 1. The predicted molar refractivity (Wildman–Crippen MR) is 89.8 cm³/mol. The van der Waals surface area contributed by atoms with Crippen molar-refractivity contribution >= 4 is 25.8 Å². The number of benzene rings is 1. The Kier molecular flexibility index (Phi) is 5.67. The van der Waals surface area contributed by atoms with Crippen molar-refractivity contribution in [1.29, 1.82) is 0 Å². The highest BCUT2D eigenvalue weighted by atomic mass is 32.2. The molecule has 0 aromatic heterocycles. The molecule has 0 radical (unpaired) electrons. The van der Waals surface area contributed by atoms with Gasteiger partial charge in [0.15, 0.2) is 9.84 Å². The smallest absolute Gasteiger partial charge is 0.243 e. The summed E-state index contributed by atoms with van der Waals surface area (Å²) < 4.78 is 49.9. The Morgan fingerprint density at radius 1 is 1.04 bits per heavy atom. The fourth-order valence-electron chi connectivity index (χ4n) is 2.56. The van der Waals surface area contributed by atoms with Gasteiger partial charge in [-0.05, 0) is 24.6 Å². The van der Waals surface area contributed by atoms with Gasteiger partial charge in [0.2, 0.25) is 15.9 Å². The Labute approximate surface area is 143 Å². The van der Waals surface area contributed by atoms with Crippen molar-refractivity contribution < 1.29 is 21.6 Å². The highest BCUT2D eigenvalue weighted by molar-refractivity contribution is 7.91. The third-order valence-electron chi connectivity index (χ3n) is 3.93. The minimum atomic E-state index is -3.78. The van der Waals surface area contributed by atoms with E-state index in [0.717, 1.165) is 12.7 Å². The molecule has 0 bridgehead atoms. The van der Waals surface area contributed by atoms with Gasteiger partial charge < -0.3 is 4.90 Å². The maximum absolute atomic E-state index is 12.7. The molecular formula is C15H22N2O5S2. The fourth-order valence-corrected chi connectivity index (χ4v) is 4.77. The molecule has 1 fully saturated rings. The molecule has 1 saturated heterocycles. The first-order valence-corrected chi connectivity index (χ1v) is 11.1. The monoisotopic (exact) mass is 374 g/mol. The predicted octanol–water partition coefficient (Wildman–Crippen LogP) is 0.723. The van der Waals surface area contributed by atoms with Crippen LogP contribution in [0.15, 0.2) is 34.1 Å². The van der Waals surface area contributed by atoms with Gasteiger partial charge in [0, 0.05) is 38.9 Å². The van der Waals surface area contributed by atoms with E-state index in [9.17, 15) is 21.6 Å². The number of hydrogen-bond donors (Lipinski definition) is 0. The molecule has 0 N–H and O–H groups in total. The standard InChI is InChI=1S/C15H22N2O5S2/c1-3-5-15(18)16-8-10-17(11-9-16)24(21,22)14-7-4-6-13(12-14)23(2,19)20/h4,6-7,12H,3,5,8-11H2,1-2H3. The van der Waals surface area contributed by atoms with Crippen LogP contribution < -0.4 is 0 Å². The molecule has 1 aromatic carbocycles. The van der Waals surface area contributed by atoms with Crippen LogP contribution in [0.25, 0.3) is 0 Å². The third-order valence-corrected chi connectivity index (χ3v) is 6.93. The zero-order chi connectivity index (χ0) is 18.0. The van der Waals surface area contributed by atoms with Crippen LogP contribution in [-0.2, 0) is 24.7 Å². The van der Waals surface area contributed by atoms with Crippen molar-refractivity contribution in [2.24, 2.45) is 0 Å². The second-order valence-corrected chi connectivity index (χ2v) is 9.74. The highest BCUT2D eigenvalue weighted by Gasteiger charge is 2.30. The molecule has 0 saturated carbocycles. The molecule has 1 aromatic rings. The van der Waals surface area contributed by atoms with Crippen LogP contribution in [0.1, 0.15) is 19.8 Å². The number of hydrogen-bond acceptors (Lipinski definition) is 5. The lowest BCUT2D eigenvalue weighted by atomic mass is 10.2. The van der Waals surface area contributed by atoms with E-state index >= 15 is 0 Å². The molecule has 9 heteroatoms. The summed E-state index contributed by atoms with van der Waals surface area (Å²) in [6, 6.07) is 5.36.